The first-order valence-electron chi connectivity index (χ1n) is 6.83. The summed E-state index contributed by atoms with van der Waals surface area (Å²) in [5.74, 6) is -3.08. The molecule has 0 amide bonds. The van der Waals surface area contributed by atoms with Crippen LogP contribution in [0.4, 0.5) is 51.1 Å². The van der Waals surface area contributed by atoms with Crippen LogP contribution in [0.25, 0.3) is 0 Å². The Morgan fingerprint density at radius 3 is 1.75 bits per heavy atom. The van der Waals surface area contributed by atoms with Crippen molar-refractivity contribution in [2.45, 2.75) is 18.5 Å². The van der Waals surface area contributed by atoms with Gasteiger partial charge < -0.3 is 10.4 Å². The Bertz CT molecular complexity index is 872. The van der Waals surface area contributed by atoms with Crippen LogP contribution in [0.2, 0.25) is 0 Å². The molecule has 0 fully saturated rings. The van der Waals surface area contributed by atoms with E-state index in [4.69, 9.17) is 5.11 Å². The third-order valence-electron chi connectivity index (χ3n) is 3.13. The molecule has 0 aliphatic carbocycles. The summed E-state index contributed by atoms with van der Waals surface area (Å²) in [6.45, 7) is 0. The van der Waals surface area contributed by atoms with Crippen molar-refractivity contribution in [2.75, 3.05) is 5.32 Å². The first-order chi connectivity index (χ1) is 12.6. The molecule has 14 heteroatoms. The number of hydrogen-bond acceptors (Lipinski definition) is 4. The van der Waals surface area contributed by atoms with E-state index in [1.807, 2.05) is 0 Å². The maximum Gasteiger partial charge on any atom is 0.434 e. The van der Waals surface area contributed by atoms with Crippen molar-refractivity contribution in [1.82, 2.24) is 9.97 Å². The summed E-state index contributed by atoms with van der Waals surface area (Å²) in [5.41, 5.74) is -7.62. The van der Waals surface area contributed by atoms with Crippen LogP contribution in [0.15, 0.2) is 24.4 Å². The van der Waals surface area contributed by atoms with E-state index < -0.39 is 58.5 Å². The summed E-state index contributed by atoms with van der Waals surface area (Å²) in [6, 6.07) is 0.231. The molecule has 0 aliphatic rings. The van der Waals surface area contributed by atoms with Crippen molar-refractivity contribution in [1.29, 1.82) is 0 Å². The van der Waals surface area contributed by atoms with E-state index in [9.17, 15) is 44.3 Å². The lowest BCUT2D eigenvalue weighted by Gasteiger charge is -2.15. The van der Waals surface area contributed by atoms with Crippen LogP contribution in [0, 0.1) is 0 Å². The van der Waals surface area contributed by atoms with Gasteiger partial charge in [0, 0.05) is 11.9 Å². The van der Waals surface area contributed by atoms with Crippen molar-refractivity contribution >= 4 is 17.6 Å². The van der Waals surface area contributed by atoms with Gasteiger partial charge >= 0.3 is 24.5 Å². The summed E-state index contributed by atoms with van der Waals surface area (Å²) in [6.07, 6.45) is -15.4. The number of aromatic nitrogens is 2. The zero-order valence-corrected chi connectivity index (χ0v) is 13.0. The minimum Gasteiger partial charge on any atom is -0.478 e. The number of benzene rings is 1. The SMILES string of the molecule is O=C(O)c1cnc(Nc2cc(C(F)(F)F)cc(C(F)(F)F)c2)nc1C(F)(F)F. The fourth-order valence-corrected chi connectivity index (χ4v) is 1.97. The Kier molecular flexibility index (Phi) is 5.18. The highest BCUT2D eigenvalue weighted by atomic mass is 19.4. The maximum absolute atomic E-state index is 12.9. The molecule has 152 valence electrons. The predicted octanol–water partition coefficient (Wildman–Crippen LogP) is 4.97. The first-order valence-corrected chi connectivity index (χ1v) is 6.83. The van der Waals surface area contributed by atoms with E-state index in [0.717, 1.165) is 0 Å². The highest BCUT2D eigenvalue weighted by molar-refractivity contribution is 5.88. The monoisotopic (exact) mass is 419 g/mol. The Hall–Kier alpha value is -3.06. The molecule has 2 aromatic rings. The van der Waals surface area contributed by atoms with Gasteiger partial charge in [0.15, 0.2) is 5.69 Å². The van der Waals surface area contributed by atoms with Crippen molar-refractivity contribution in [3.05, 3.63) is 46.8 Å². The van der Waals surface area contributed by atoms with Gasteiger partial charge in [0.05, 0.1) is 11.1 Å². The Morgan fingerprint density at radius 2 is 1.36 bits per heavy atom. The molecule has 0 spiro atoms. The molecule has 2 N–H and O–H groups in total. The average Bonchev–Trinajstić information content (AvgIpc) is 2.51. The van der Waals surface area contributed by atoms with Crippen LogP contribution in [-0.2, 0) is 18.5 Å². The highest BCUT2D eigenvalue weighted by Gasteiger charge is 2.39. The number of alkyl halides is 9. The van der Waals surface area contributed by atoms with Crippen molar-refractivity contribution < 1.29 is 49.4 Å². The van der Waals surface area contributed by atoms with E-state index in [1.54, 1.807) is 5.32 Å². The van der Waals surface area contributed by atoms with Crippen molar-refractivity contribution in [3.8, 4) is 0 Å². The molecular formula is C14H6F9N3O2. The Balaban J connectivity index is 2.55. The van der Waals surface area contributed by atoms with Crippen molar-refractivity contribution in [3.63, 3.8) is 0 Å². The van der Waals surface area contributed by atoms with Crippen LogP contribution in [0.5, 0.6) is 0 Å². The molecule has 28 heavy (non-hydrogen) atoms. The molecule has 0 saturated carbocycles. The summed E-state index contributed by atoms with van der Waals surface area (Å²) >= 11 is 0. The molecule has 0 aliphatic heterocycles. The minimum absolute atomic E-state index is 0.180. The van der Waals surface area contributed by atoms with Gasteiger partial charge in [-0.2, -0.15) is 39.5 Å². The van der Waals surface area contributed by atoms with Crippen LogP contribution in [-0.4, -0.2) is 21.0 Å². The zero-order valence-electron chi connectivity index (χ0n) is 13.0. The van der Waals surface area contributed by atoms with E-state index in [2.05, 4.69) is 9.97 Å². The molecule has 0 saturated heterocycles. The van der Waals surface area contributed by atoms with Crippen LogP contribution in [0.3, 0.4) is 0 Å². The number of anilines is 2. The number of rotatable bonds is 3. The molecule has 2 rings (SSSR count). The third kappa shape index (κ3) is 4.80. The summed E-state index contributed by atoms with van der Waals surface area (Å²) < 4.78 is 115. The molecule has 0 bridgehead atoms. The first kappa shape index (κ1) is 21.2. The molecule has 0 radical (unpaired) electrons. The summed E-state index contributed by atoms with van der Waals surface area (Å²) in [5, 5.41) is 10.5. The standard InChI is InChI=1S/C14H6F9N3O2/c15-12(16,17)5-1-6(13(18,19)20)3-7(2-5)25-11-24-4-8(10(27)28)9(26-11)14(21,22)23/h1-4H,(H,27,28)(H,24,25,26). The van der Waals surface area contributed by atoms with E-state index >= 15 is 0 Å². The van der Waals surface area contributed by atoms with Gasteiger partial charge in [-0.3, -0.25) is 0 Å². The van der Waals surface area contributed by atoms with Gasteiger partial charge in [0.1, 0.15) is 5.56 Å². The molecule has 0 atom stereocenters. The predicted molar refractivity (Wildman–Crippen MR) is 73.7 cm³/mol. The Labute approximate surface area is 148 Å². The van der Waals surface area contributed by atoms with Crippen LogP contribution >= 0.6 is 0 Å². The number of carboxylic acid groups (broad SMARTS) is 1. The maximum atomic E-state index is 12.9. The fraction of sp³-hybridized carbons (Fsp3) is 0.214. The minimum atomic E-state index is -5.27. The number of carboxylic acids is 1. The van der Waals surface area contributed by atoms with Gasteiger partial charge in [-0.25, -0.2) is 14.8 Å². The molecule has 1 aromatic heterocycles. The number of aromatic carboxylic acids is 1. The van der Waals surface area contributed by atoms with E-state index in [1.165, 1.54) is 0 Å². The molecule has 5 nitrogen and oxygen atoms in total. The van der Waals surface area contributed by atoms with Gasteiger partial charge in [-0.05, 0) is 18.2 Å². The van der Waals surface area contributed by atoms with E-state index in [0.29, 0.717) is 0 Å². The number of hydrogen-bond donors (Lipinski definition) is 2. The quantitative estimate of drug-likeness (QED) is 0.687. The molecule has 1 aromatic carbocycles. The van der Waals surface area contributed by atoms with E-state index in [-0.39, 0.29) is 24.4 Å². The summed E-state index contributed by atoms with van der Waals surface area (Å²) in [4.78, 5) is 16.8. The lowest BCUT2D eigenvalue weighted by Crippen LogP contribution is -2.17. The summed E-state index contributed by atoms with van der Waals surface area (Å²) in [7, 11) is 0. The van der Waals surface area contributed by atoms with Gasteiger partial charge in [-0.15, -0.1) is 0 Å². The molecule has 0 unspecified atom stereocenters. The van der Waals surface area contributed by atoms with Crippen LogP contribution < -0.4 is 5.32 Å². The topological polar surface area (TPSA) is 75.1 Å². The van der Waals surface area contributed by atoms with Crippen LogP contribution in [0.1, 0.15) is 27.2 Å². The second-order valence-electron chi connectivity index (χ2n) is 5.18. The second kappa shape index (κ2) is 6.83. The normalized spacial score (nSPS) is 12.8. The number of carbonyl (C=O) groups is 1. The van der Waals surface area contributed by atoms with Gasteiger partial charge in [0.2, 0.25) is 5.95 Å². The average molecular weight is 419 g/mol. The molecular weight excluding hydrogens is 413 g/mol. The highest BCUT2D eigenvalue weighted by Crippen LogP contribution is 2.38. The smallest absolute Gasteiger partial charge is 0.434 e. The Morgan fingerprint density at radius 1 is 0.857 bits per heavy atom. The lowest BCUT2D eigenvalue weighted by atomic mass is 10.1. The third-order valence-corrected chi connectivity index (χ3v) is 3.13. The fourth-order valence-electron chi connectivity index (χ4n) is 1.97. The zero-order chi connectivity index (χ0) is 21.5. The number of nitrogens with zero attached hydrogens (tertiary/aromatic N) is 2. The molecule has 1 heterocycles. The lowest BCUT2D eigenvalue weighted by molar-refractivity contribution is -0.143. The second-order valence-corrected chi connectivity index (χ2v) is 5.18. The van der Waals surface area contributed by atoms with Crippen molar-refractivity contribution in [2.24, 2.45) is 0 Å². The van der Waals surface area contributed by atoms with Gasteiger partial charge in [-0.1, -0.05) is 0 Å². The number of nitrogens with one attached hydrogen (secondary N) is 1. The largest absolute Gasteiger partial charge is 0.478 e. The number of halogens is 9. The van der Waals surface area contributed by atoms with Gasteiger partial charge in [0.25, 0.3) is 0 Å².